The summed E-state index contributed by atoms with van der Waals surface area (Å²) in [6, 6.07) is 7.38. The molecule has 1 aromatic carbocycles. The molecule has 7 heteroatoms. The Balaban J connectivity index is 0.00000196. The van der Waals surface area contributed by atoms with Gasteiger partial charge in [-0.15, -0.1) is 0 Å². The fourth-order valence-corrected chi connectivity index (χ4v) is 1.77. The molecular weight excluding hydrogens is 231 g/mol. The van der Waals surface area contributed by atoms with E-state index in [0.29, 0.717) is 0 Å². The van der Waals surface area contributed by atoms with Crippen LogP contribution in [0.15, 0.2) is 35.2 Å². The fourth-order valence-electron chi connectivity index (χ4n) is 0.819. The van der Waals surface area contributed by atoms with Gasteiger partial charge in [-0.25, -0.2) is 4.18 Å². The van der Waals surface area contributed by atoms with Crippen molar-refractivity contribution < 1.29 is 22.8 Å². The van der Waals surface area contributed by atoms with Crippen LogP contribution in [-0.2, 0) is 14.3 Å². The molecule has 80 valence electrons. The van der Waals surface area contributed by atoms with Crippen LogP contribution in [0, 0.1) is 0 Å². The van der Waals surface area contributed by atoms with E-state index in [1.165, 1.54) is 24.3 Å². The zero-order valence-corrected chi connectivity index (χ0v) is 8.02. The topological polar surface area (TPSA) is 83.8 Å². The van der Waals surface area contributed by atoms with Crippen LogP contribution in [0.3, 0.4) is 0 Å². The van der Waals surface area contributed by atoms with E-state index in [2.05, 4.69) is 4.18 Å². The van der Waals surface area contributed by atoms with Gasteiger partial charge >= 0.3 is 29.6 Å². The maximum absolute atomic E-state index is 11.3. The van der Waals surface area contributed by atoms with Gasteiger partial charge in [0.25, 0.3) is 10.1 Å². The summed E-state index contributed by atoms with van der Waals surface area (Å²) in [5.74, 6) is 0. The van der Waals surface area contributed by atoms with E-state index in [-0.39, 0.29) is 34.5 Å². The van der Waals surface area contributed by atoms with Gasteiger partial charge in [-0.05, 0) is 12.1 Å². The van der Waals surface area contributed by atoms with E-state index < -0.39 is 23.0 Å². The van der Waals surface area contributed by atoms with Crippen LogP contribution in [0.1, 0.15) is 0 Å². The summed E-state index contributed by atoms with van der Waals surface area (Å²) < 4.78 is 26.9. The van der Waals surface area contributed by atoms with Crippen molar-refractivity contribution in [2.75, 3.05) is 6.61 Å². The molecule has 0 fully saturated rings. The summed E-state index contributed by atoms with van der Waals surface area (Å²) in [6.07, 6.45) is -1.72. The SMILES string of the molecule is O=S(=O)(OC(O)CO)c1ccccc1.[NaH]. The van der Waals surface area contributed by atoms with E-state index in [4.69, 9.17) is 10.2 Å². The van der Waals surface area contributed by atoms with Crippen molar-refractivity contribution in [2.24, 2.45) is 0 Å². The molecule has 1 unspecified atom stereocenters. The van der Waals surface area contributed by atoms with E-state index >= 15 is 0 Å². The van der Waals surface area contributed by atoms with Crippen molar-refractivity contribution in [3.8, 4) is 0 Å². The van der Waals surface area contributed by atoms with Crippen molar-refractivity contribution >= 4 is 39.7 Å². The van der Waals surface area contributed by atoms with Crippen molar-refractivity contribution in [3.63, 3.8) is 0 Å². The Hall–Kier alpha value is 0.0500. The summed E-state index contributed by atoms with van der Waals surface area (Å²) in [7, 11) is -3.98. The summed E-state index contributed by atoms with van der Waals surface area (Å²) in [5, 5.41) is 17.2. The number of benzene rings is 1. The van der Waals surface area contributed by atoms with Crippen LogP contribution in [0.5, 0.6) is 0 Å². The van der Waals surface area contributed by atoms with Gasteiger partial charge in [0.15, 0.2) is 6.29 Å². The molecular formula is C8H11NaO5S. The molecule has 0 aromatic heterocycles. The molecule has 0 aliphatic rings. The van der Waals surface area contributed by atoms with Crippen molar-refractivity contribution in [1.82, 2.24) is 0 Å². The first-order valence-corrected chi connectivity index (χ1v) is 5.24. The van der Waals surface area contributed by atoms with Crippen LogP contribution in [-0.4, -0.2) is 61.1 Å². The zero-order chi connectivity index (χ0) is 10.6. The summed E-state index contributed by atoms with van der Waals surface area (Å²) in [5.41, 5.74) is 0. The van der Waals surface area contributed by atoms with Gasteiger partial charge in [-0.2, -0.15) is 8.42 Å². The number of hydrogen-bond acceptors (Lipinski definition) is 5. The Morgan fingerprint density at radius 3 is 2.27 bits per heavy atom. The average Bonchev–Trinajstić information content (AvgIpc) is 2.18. The molecule has 0 saturated carbocycles. The first-order valence-electron chi connectivity index (χ1n) is 3.83. The van der Waals surface area contributed by atoms with Crippen LogP contribution < -0.4 is 0 Å². The number of aliphatic hydroxyl groups excluding tert-OH is 2. The second kappa shape index (κ2) is 6.59. The van der Waals surface area contributed by atoms with Crippen LogP contribution >= 0.6 is 0 Å². The molecule has 1 rings (SSSR count). The quantitative estimate of drug-likeness (QED) is 0.404. The molecule has 0 heterocycles. The van der Waals surface area contributed by atoms with Crippen LogP contribution in [0.2, 0.25) is 0 Å². The normalized spacial score (nSPS) is 12.9. The van der Waals surface area contributed by atoms with Crippen LogP contribution in [0.4, 0.5) is 0 Å². The Morgan fingerprint density at radius 1 is 1.27 bits per heavy atom. The Morgan fingerprint density at radius 2 is 1.80 bits per heavy atom. The summed E-state index contributed by atoms with van der Waals surface area (Å²) >= 11 is 0. The Bertz CT molecular complexity index is 377. The Labute approximate surface area is 110 Å². The second-order valence-electron chi connectivity index (χ2n) is 2.50. The molecule has 0 spiro atoms. The minimum atomic E-state index is -3.98. The molecule has 0 radical (unpaired) electrons. The zero-order valence-electron chi connectivity index (χ0n) is 7.20. The fraction of sp³-hybridized carbons (Fsp3) is 0.250. The second-order valence-corrected chi connectivity index (χ2v) is 4.07. The molecule has 0 amide bonds. The van der Waals surface area contributed by atoms with Crippen LogP contribution in [0.25, 0.3) is 0 Å². The van der Waals surface area contributed by atoms with E-state index in [1.54, 1.807) is 6.07 Å². The standard InChI is InChI=1S/C8H10O5S.Na.H/c9-6-8(10)13-14(11,12)7-4-2-1-3-5-7;;/h1-5,8-10H,6H2;;. The van der Waals surface area contributed by atoms with E-state index in [1.807, 2.05) is 0 Å². The minimum absolute atomic E-state index is 0. The summed E-state index contributed by atoms with van der Waals surface area (Å²) in [4.78, 5) is -0.0625. The third kappa shape index (κ3) is 4.60. The molecule has 15 heavy (non-hydrogen) atoms. The predicted molar refractivity (Wildman–Crippen MR) is 55.0 cm³/mol. The van der Waals surface area contributed by atoms with Gasteiger partial charge in [0.1, 0.15) is 0 Å². The molecule has 5 nitrogen and oxygen atoms in total. The molecule has 0 aliphatic heterocycles. The van der Waals surface area contributed by atoms with Crippen molar-refractivity contribution in [2.45, 2.75) is 11.2 Å². The maximum atomic E-state index is 11.3. The summed E-state index contributed by atoms with van der Waals surface area (Å²) in [6.45, 7) is -0.772. The monoisotopic (exact) mass is 242 g/mol. The Kier molecular flexibility index (Phi) is 6.62. The first-order chi connectivity index (χ1) is 6.56. The van der Waals surface area contributed by atoms with Crippen molar-refractivity contribution in [3.05, 3.63) is 30.3 Å². The molecule has 1 aromatic rings. The van der Waals surface area contributed by atoms with Gasteiger partial charge < -0.3 is 10.2 Å². The molecule has 0 saturated heterocycles. The average molecular weight is 242 g/mol. The van der Waals surface area contributed by atoms with E-state index in [9.17, 15) is 8.42 Å². The predicted octanol–water partition coefficient (Wildman–Crippen LogP) is -0.946. The molecule has 0 aliphatic carbocycles. The van der Waals surface area contributed by atoms with E-state index in [0.717, 1.165) is 0 Å². The van der Waals surface area contributed by atoms with Gasteiger partial charge in [0.05, 0.1) is 11.5 Å². The molecule has 1 atom stereocenters. The van der Waals surface area contributed by atoms with Gasteiger partial charge in [-0.1, -0.05) is 18.2 Å². The van der Waals surface area contributed by atoms with Gasteiger partial charge in [0, 0.05) is 0 Å². The van der Waals surface area contributed by atoms with Gasteiger partial charge in [0.2, 0.25) is 0 Å². The number of aliphatic hydroxyl groups is 2. The number of hydrogen-bond donors (Lipinski definition) is 2. The number of rotatable bonds is 4. The molecule has 2 N–H and O–H groups in total. The molecule has 0 bridgehead atoms. The third-order valence-corrected chi connectivity index (χ3v) is 2.75. The third-order valence-electron chi connectivity index (χ3n) is 1.43. The first kappa shape index (κ1) is 15.0. The van der Waals surface area contributed by atoms with Crippen molar-refractivity contribution in [1.29, 1.82) is 0 Å². The van der Waals surface area contributed by atoms with Gasteiger partial charge in [-0.3, -0.25) is 0 Å².